The fraction of sp³-hybridized carbons (Fsp3) is 0.350. The van der Waals surface area contributed by atoms with Gasteiger partial charge >= 0.3 is 0 Å². The maximum atomic E-state index is 12.3. The van der Waals surface area contributed by atoms with Crippen LogP contribution in [0.25, 0.3) is 0 Å². The Balaban J connectivity index is 1.41. The molecule has 0 unspecified atom stereocenters. The molecule has 6 nitrogen and oxygen atoms in total. The van der Waals surface area contributed by atoms with Gasteiger partial charge < -0.3 is 14.6 Å². The molecule has 6 heteroatoms. The molecule has 1 aromatic carbocycles. The molecule has 0 saturated carbocycles. The summed E-state index contributed by atoms with van der Waals surface area (Å²) in [5.74, 6) is -0.174. The molecule has 0 spiro atoms. The minimum atomic E-state index is -0.156. The van der Waals surface area contributed by atoms with Crippen LogP contribution >= 0.6 is 0 Å². The van der Waals surface area contributed by atoms with Crippen molar-refractivity contribution >= 4 is 17.6 Å². The van der Waals surface area contributed by atoms with Crippen molar-refractivity contribution < 1.29 is 18.8 Å². The molecule has 0 bridgehead atoms. The molecule has 2 heterocycles. The number of carbonyl (C=O) groups is 3. The first-order valence-corrected chi connectivity index (χ1v) is 8.82. The van der Waals surface area contributed by atoms with Gasteiger partial charge in [0.1, 0.15) is 6.26 Å². The summed E-state index contributed by atoms with van der Waals surface area (Å²) in [5.41, 5.74) is 1.14. The van der Waals surface area contributed by atoms with Gasteiger partial charge in [0.15, 0.2) is 5.78 Å². The zero-order valence-corrected chi connectivity index (χ0v) is 14.5. The van der Waals surface area contributed by atoms with E-state index >= 15 is 0 Å². The highest BCUT2D eigenvalue weighted by atomic mass is 16.3. The maximum Gasteiger partial charge on any atom is 0.254 e. The number of likely N-dealkylation sites (tertiary alicyclic amines) is 1. The van der Waals surface area contributed by atoms with Crippen LogP contribution in [0.1, 0.15) is 46.4 Å². The van der Waals surface area contributed by atoms with Crippen LogP contribution in [0.2, 0.25) is 0 Å². The summed E-state index contributed by atoms with van der Waals surface area (Å²) in [4.78, 5) is 38.2. The van der Waals surface area contributed by atoms with Crippen molar-refractivity contribution in [1.82, 2.24) is 10.2 Å². The second kappa shape index (κ2) is 8.47. The van der Waals surface area contributed by atoms with Crippen molar-refractivity contribution in [3.05, 3.63) is 60.1 Å². The minimum Gasteiger partial charge on any atom is -0.472 e. The van der Waals surface area contributed by atoms with Crippen molar-refractivity contribution in [3.63, 3.8) is 0 Å². The summed E-state index contributed by atoms with van der Waals surface area (Å²) < 4.78 is 4.91. The maximum absolute atomic E-state index is 12.3. The van der Waals surface area contributed by atoms with Gasteiger partial charge in [-0.05, 0) is 18.9 Å². The van der Waals surface area contributed by atoms with Crippen LogP contribution < -0.4 is 5.32 Å². The molecular weight excluding hydrogens is 332 g/mol. The molecule has 136 valence electrons. The second-order valence-corrected chi connectivity index (χ2v) is 6.43. The van der Waals surface area contributed by atoms with Gasteiger partial charge in [-0.15, -0.1) is 0 Å². The molecule has 1 N–H and O–H groups in total. The van der Waals surface area contributed by atoms with E-state index in [0.29, 0.717) is 37.1 Å². The number of amides is 2. The lowest BCUT2D eigenvalue weighted by molar-refractivity contribution is -0.132. The number of nitrogens with one attached hydrogen (secondary N) is 1. The monoisotopic (exact) mass is 354 g/mol. The first kappa shape index (κ1) is 17.9. The van der Waals surface area contributed by atoms with E-state index < -0.39 is 0 Å². The summed E-state index contributed by atoms with van der Waals surface area (Å²) in [5, 5.41) is 2.96. The molecule has 26 heavy (non-hydrogen) atoms. The topological polar surface area (TPSA) is 79.6 Å². The lowest BCUT2D eigenvalue weighted by Gasteiger charge is -2.32. The predicted molar refractivity (Wildman–Crippen MR) is 95.8 cm³/mol. The number of carbonyl (C=O) groups excluding carboxylic acids is 3. The van der Waals surface area contributed by atoms with E-state index in [1.807, 2.05) is 18.2 Å². The number of benzene rings is 1. The Morgan fingerprint density at radius 2 is 1.73 bits per heavy atom. The largest absolute Gasteiger partial charge is 0.472 e. The molecule has 3 rings (SSSR count). The summed E-state index contributed by atoms with van der Waals surface area (Å²) in [6.45, 7) is 1.18. The number of piperidine rings is 1. The summed E-state index contributed by atoms with van der Waals surface area (Å²) in [6, 6.07) is 10.7. The normalized spacial score (nSPS) is 14.8. The number of nitrogens with zero attached hydrogens (tertiary/aromatic N) is 1. The van der Waals surface area contributed by atoms with Gasteiger partial charge in [-0.3, -0.25) is 14.4 Å². The Bertz CT molecular complexity index is 747. The highest BCUT2D eigenvalue weighted by molar-refractivity contribution is 5.98. The first-order valence-electron chi connectivity index (χ1n) is 8.82. The van der Waals surface area contributed by atoms with Crippen LogP contribution in [0.15, 0.2) is 53.3 Å². The van der Waals surface area contributed by atoms with E-state index in [2.05, 4.69) is 5.32 Å². The van der Waals surface area contributed by atoms with Crippen LogP contribution in [0.3, 0.4) is 0 Å². The van der Waals surface area contributed by atoms with Crippen molar-refractivity contribution in [3.8, 4) is 0 Å². The van der Waals surface area contributed by atoms with Crippen molar-refractivity contribution in [1.29, 1.82) is 0 Å². The Kier molecular flexibility index (Phi) is 5.84. The Labute approximate surface area is 152 Å². The van der Waals surface area contributed by atoms with E-state index in [-0.39, 0.29) is 36.5 Å². The molecule has 0 radical (unpaired) electrons. The van der Waals surface area contributed by atoms with Crippen molar-refractivity contribution in [2.24, 2.45) is 0 Å². The molecule has 1 aliphatic heterocycles. The van der Waals surface area contributed by atoms with Gasteiger partial charge in [-0.1, -0.05) is 30.3 Å². The molecule has 0 atom stereocenters. The van der Waals surface area contributed by atoms with E-state index in [1.165, 1.54) is 12.5 Å². The number of furan rings is 1. The Morgan fingerprint density at radius 1 is 1.00 bits per heavy atom. The quantitative estimate of drug-likeness (QED) is 0.809. The standard InChI is InChI=1S/C20H22N2O4/c23-18(15-4-2-1-3-5-15)6-7-19(24)22-11-8-17(9-12-22)21-20(25)16-10-13-26-14-16/h1-5,10,13-14,17H,6-9,11-12H2,(H,21,25). The van der Waals surface area contributed by atoms with E-state index in [9.17, 15) is 14.4 Å². The molecular formula is C20H22N2O4. The number of Topliss-reactive ketones (excluding diaryl/α,β-unsaturated/α-hetero) is 1. The Morgan fingerprint density at radius 3 is 2.38 bits per heavy atom. The molecule has 2 amide bonds. The van der Waals surface area contributed by atoms with E-state index in [0.717, 1.165) is 0 Å². The zero-order valence-electron chi connectivity index (χ0n) is 14.5. The fourth-order valence-corrected chi connectivity index (χ4v) is 3.08. The fourth-order valence-electron chi connectivity index (χ4n) is 3.08. The number of hydrogen-bond donors (Lipinski definition) is 1. The van der Waals surface area contributed by atoms with Gasteiger partial charge in [-0.25, -0.2) is 0 Å². The van der Waals surface area contributed by atoms with Crippen LogP contribution in [0.5, 0.6) is 0 Å². The van der Waals surface area contributed by atoms with Crippen LogP contribution in [0.4, 0.5) is 0 Å². The van der Waals surface area contributed by atoms with Crippen molar-refractivity contribution in [2.75, 3.05) is 13.1 Å². The summed E-state index contributed by atoms with van der Waals surface area (Å²) >= 11 is 0. The molecule has 1 aliphatic rings. The lowest BCUT2D eigenvalue weighted by atomic mass is 10.0. The average molecular weight is 354 g/mol. The predicted octanol–water partition coefficient (Wildman–Crippen LogP) is 2.66. The third-order valence-corrected chi connectivity index (χ3v) is 4.63. The average Bonchev–Trinajstić information content (AvgIpc) is 3.22. The zero-order chi connectivity index (χ0) is 18.4. The van der Waals surface area contributed by atoms with E-state index in [1.54, 1.807) is 23.1 Å². The Hall–Kier alpha value is -2.89. The summed E-state index contributed by atoms with van der Waals surface area (Å²) in [6.07, 6.45) is 4.74. The highest BCUT2D eigenvalue weighted by Crippen LogP contribution is 2.14. The smallest absolute Gasteiger partial charge is 0.254 e. The summed E-state index contributed by atoms with van der Waals surface area (Å²) in [7, 11) is 0. The van der Waals surface area contributed by atoms with Gasteiger partial charge in [0.05, 0.1) is 11.8 Å². The molecule has 1 aromatic heterocycles. The van der Waals surface area contributed by atoms with Crippen LogP contribution in [-0.4, -0.2) is 41.6 Å². The van der Waals surface area contributed by atoms with Gasteiger partial charge in [-0.2, -0.15) is 0 Å². The lowest BCUT2D eigenvalue weighted by Crippen LogP contribution is -2.46. The van der Waals surface area contributed by atoms with Gasteiger partial charge in [0.25, 0.3) is 5.91 Å². The van der Waals surface area contributed by atoms with Gasteiger partial charge in [0, 0.05) is 37.5 Å². The molecule has 0 aliphatic carbocycles. The van der Waals surface area contributed by atoms with Crippen LogP contribution in [-0.2, 0) is 4.79 Å². The third-order valence-electron chi connectivity index (χ3n) is 4.63. The molecule has 2 aromatic rings. The number of rotatable bonds is 6. The second-order valence-electron chi connectivity index (χ2n) is 6.43. The van der Waals surface area contributed by atoms with Gasteiger partial charge in [0.2, 0.25) is 5.91 Å². The SMILES string of the molecule is O=C(CCC(=O)N1CCC(NC(=O)c2ccoc2)CC1)c1ccccc1. The minimum absolute atomic E-state index is 0.00566. The number of ketones is 1. The molecule has 1 fully saturated rings. The highest BCUT2D eigenvalue weighted by Gasteiger charge is 2.24. The third kappa shape index (κ3) is 4.59. The number of hydrogen-bond acceptors (Lipinski definition) is 4. The van der Waals surface area contributed by atoms with Crippen LogP contribution in [0, 0.1) is 0 Å². The van der Waals surface area contributed by atoms with E-state index in [4.69, 9.17) is 4.42 Å². The first-order chi connectivity index (χ1) is 12.6. The van der Waals surface area contributed by atoms with Crippen molar-refractivity contribution in [2.45, 2.75) is 31.7 Å². The molecule has 1 saturated heterocycles.